The van der Waals surface area contributed by atoms with Crippen molar-refractivity contribution in [2.24, 2.45) is 11.7 Å². The highest BCUT2D eigenvalue weighted by atomic mass is 19.1. The van der Waals surface area contributed by atoms with E-state index in [2.05, 4.69) is 21.8 Å². The Bertz CT molecular complexity index is 1040. The molecular formula is C21H22F2N4O. The van der Waals surface area contributed by atoms with Gasteiger partial charge in [-0.05, 0) is 42.5 Å². The molecule has 3 N–H and O–H groups in total. The van der Waals surface area contributed by atoms with Gasteiger partial charge in [0.1, 0.15) is 17.3 Å². The van der Waals surface area contributed by atoms with Crippen LogP contribution in [0.5, 0.6) is 0 Å². The molecule has 0 aliphatic carbocycles. The van der Waals surface area contributed by atoms with Crippen LogP contribution in [0.1, 0.15) is 41.3 Å². The quantitative estimate of drug-likeness (QED) is 0.719. The maximum atomic E-state index is 14.6. The van der Waals surface area contributed by atoms with Crippen LogP contribution in [0.3, 0.4) is 0 Å². The maximum Gasteiger partial charge on any atom is 0.251 e. The van der Waals surface area contributed by atoms with Gasteiger partial charge in [-0.2, -0.15) is 0 Å². The van der Waals surface area contributed by atoms with Crippen molar-refractivity contribution in [3.63, 3.8) is 0 Å². The molecule has 0 radical (unpaired) electrons. The molecule has 0 atom stereocenters. The number of anilines is 1. The number of aromatic nitrogens is 2. The van der Waals surface area contributed by atoms with Crippen LogP contribution in [0.2, 0.25) is 0 Å². The largest absolute Gasteiger partial charge is 0.370 e. The van der Waals surface area contributed by atoms with Gasteiger partial charge >= 0.3 is 0 Å². The van der Waals surface area contributed by atoms with E-state index in [0.29, 0.717) is 11.2 Å². The number of carbonyl (C=O) groups is 1. The highest BCUT2D eigenvalue weighted by molar-refractivity contribution is 5.93. The Morgan fingerprint density at radius 1 is 1.32 bits per heavy atom. The molecule has 1 amide bonds. The van der Waals surface area contributed by atoms with Crippen molar-refractivity contribution < 1.29 is 13.6 Å². The van der Waals surface area contributed by atoms with Gasteiger partial charge in [0.2, 0.25) is 0 Å². The van der Waals surface area contributed by atoms with E-state index in [1.54, 1.807) is 6.20 Å². The lowest BCUT2D eigenvalue weighted by molar-refractivity contribution is 0.0996. The van der Waals surface area contributed by atoms with Crippen LogP contribution in [0, 0.1) is 17.6 Å². The zero-order valence-corrected chi connectivity index (χ0v) is 15.6. The Hall–Kier alpha value is -2.96. The monoisotopic (exact) mass is 384 g/mol. The number of pyridine rings is 1. The average Bonchev–Trinajstić information content (AvgIpc) is 3.07. The predicted octanol–water partition coefficient (Wildman–Crippen LogP) is 3.77. The summed E-state index contributed by atoms with van der Waals surface area (Å²) in [6.07, 6.45) is 5.80. The number of benzene rings is 1. The third-order valence-corrected chi connectivity index (χ3v) is 5.57. The van der Waals surface area contributed by atoms with Gasteiger partial charge in [-0.25, -0.2) is 13.8 Å². The first-order valence-corrected chi connectivity index (χ1v) is 9.41. The second kappa shape index (κ2) is 7.22. The fourth-order valence-electron chi connectivity index (χ4n) is 3.77. The molecule has 5 nitrogen and oxygen atoms in total. The molecule has 3 aromatic rings. The van der Waals surface area contributed by atoms with Crippen molar-refractivity contribution >= 4 is 22.6 Å². The van der Waals surface area contributed by atoms with Gasteiger partial charge in [0.15, 0.2) is 0 Å². The number of hydrogen-bond donors (Lipinski definition) is 2. The average molecular weight is 384 g/mol. The SMILES string of the molecule is CC1CCN(c2cnc3[nH]cc(Cc4c(F)ccc(C(N)=O)c4F)c3c2)CC1. The molecule has 28 heavy (non-hydrogen) atoms. The third-order valence-electron chi connectivity index (χ3n) is 5.57. The van der Waals surface area contributed by atoms with Crippen molar-refractivity contribution in [1.29, 1.82) is 0 Å². The molecule has 0 bridgehead atoms. The van der Waals surface area contributed by atoms with Crippen molar-refractivity contribution in [3.8, 4) is 0 Å². The van der Waals surface area contributed by atoms with Gasteiger partial charge in [0.25, 0.3) is 5.91 Å². The number of carbonyl (C=O) groups excluding carboxylic acids is 1. The molecule has 3 heterocycles. The zero-order chi connectivity index (χ0) is 19.8. The van der Waals surface area contributed by atoms with Crippen LogP contribution in [0.15, 0.2) is 30.6 Å². The third kappa shape index (κ3) is 3.32. The van der Waals surface area contributed by atoms with Crippen molar-refractivity contribution in [3.05, 3.63) is 58.9 Å². The molecule has 146 valence electrons. The summed E-state index contributed by atoms with van der Waals surface area (Å²) in [7, 11) is 0. The zero-order valence-electron chi connectivity index (χ0n) is 15.6. The van der Waals surface area contributed by atoms with Crippen LogP contribution >= 0.6 is 0 Å². The fraction of sp³-hybridized carbons (Fsp3) is 0.333. The number of nitrogens with two attached hydrogens (primary N) is 1. The van der Waals surface area contributed by atoms with Gasteiger partial charge < -0.3 is 15.6 Å². The van der Waals surface area contributed by atoms with Gasteiger partial charge in [-0.3, -0.25) is 4.79 Å². The molecule has 1 aromatic carbocycles. The number of halogens is 2. The van der Waals surface area contributed by atoms with Crippen LogP contribution in [-0.2, 0) is 6.42 Å². The van der Waals surface area contributed by atoms with Gasteiger partial charge in [-0.1, -0.05) is 6.92 Å². The summed E-state index contributed by atoms with van der Waals surface area (Å²) in [6, 6.07) is 4.16. The van der Waals surface area contributed by atoms with Crippen LogP contribution in [0.25, 0.3) is 11.0 Å². The molecule has 0 saturated carbocycles. The van der Waals surface area contributed by atoms with Crippen molar-refractivity contribution in [2.45, 2.75) is 26.2 Å². The number of amides is 1. The summed E-state index contributed by atoms with van der Waals surface area (Å²) in [5, 5.41) is 0.819. The minimum atomic E-state index is -0.916. The second-order valence-electron chi connectivity index (χ2n) is 7.50. The smallest absolute Gasteiger partial charge is 0.251 e. The lowest BCUT2D eigenvalue weighted by Gasteiger charge is -2.31. The van der Waals surface area contributed by atoms with Crippen molar-refractivity contribution in [2.75, 3.05) is 18.0 Å². The lowest BCUT2D eigenvalue weighted by atomic mass is 9.98. The minimum Gasteiger partial charge on any atom is -0.370 e. The summed E-state index contributed by atoms with van der Waals surface area (Å²) < 4.78 is 28.9. The molecule has 1 aliphatic heterocycles. The molecular weight excluding hydrogens is 362 g/mol. The van der Waals surface area contributed by atoms with Gasteiger partial charge in [0, 0.05) is 36.7 Å². The fourth-order valence-corrected chi connectivity index (χ4v) is 3.77. The van der Waals surface area contributed by atoms with E-state index in [0.717, 1.165) is 55.1 Å². The molecule has 2 aromatic heterocycles. The minimum absolute atomic E-state index is 0.000947. The first kappa shape index (κ1) is 18.4. The number of H-pyrrole nitrogens is 1. The Kier molecular flexibility index (Phi) is 4.75. The number of rotatable bonds is 4. The van der Waals surface area contributed by atoms with E-state index in [-0.39, 0.29) is 17.5 Å². The van der Waals surface area contributed by atoms with Gasteiger partial charge in [-0.15, -0.1) is 0 Å². The van der Waals surface area contributed by atoms with E-state index < -0.39 is 17.5 Å². The summed E-state index contributed by atoms with van der Waals surface area (Å²) in [6.45, 7) is 4.20. The second-order valence-corrected chi connectivity index (χ2v) is 7.50. The number of hydrogen-bond acceptors (Lipinski definition) is 3. The van der Waals surface area contributed by atoms with Crippen LogP contribution < -0.4 is 10.6 Å². The Balaban J connectivity index is 1.69. The number of nitrogens with zero attached hydrogens (tertiary/aromatic N) is 2. The first-order valence-electron chi connectivity index (χ1n) is 9.41. The summed E-state index contributed by atoms with van der Waals surface area (Å²) in [5.41, 5.74) is 7.09. The van der Waals surface area contributed by atoms with Crippen LogP contribution in [0.4, 0.5) is 14.5 Å². The van der Waals surface area contributed by atoms with E-state index >= 15 is 0 Å². The lowest BCUT2D eigenvalue weighted by Crippen LogP contribution is -2.32. The molecule has 1 saturated heterocycles. The van der Waals surface area contributed by atoms with E-state index in [1.807, 2.05) is 12.3 Å². The Morgan fingerprint density at radius 2 is 2.07 bits per heavy atom. The normalized spacial score (nSPS) is 15.3. The molecule has 7 heteroatoms. The Labute approximate surface area is 161 Å². The number of primary amides is 1. The van der Waals surface area contributed by atoms with Crippen molar-refractivity contribution in [1.82, 2.24) is 9.97 Å². The van der Waals surface area contributed by atoms with Crippen LogP contribution in [-0.4, -0.2) is 29.0 Å². The molecule has 1 aliphatic rings. The number of fused-ring (bicyclic) bond motifs is 1. The number of piperidine rings is 1. The molecule has 1 fully saturated rings. The summed E-state index contributed by atoms with van der Waals surface area (Å²) in [5.74, 6) is -1.80. The summed E-state index contributed by atoms with van der Waals surface area (Å²) in [4.78, 5) is 21.2. The Morgan fingerprint density at radius 3 is 2.79 bits per heavy atom. The summed E-state index contributed by atoms with van der Waals surface area (Å²) >= 11 is 0. The highest BCUT2D eigenvalue weighted by Gasteiger charge is 2.20. The molecule has 0 spiro atoms. The maximum absolute atomic E-state index is 14.6. The van der Waals surface area contributed by atoms with Gasteiger partial charge in [0.05, 0.1) is 17.4 Å². The highest BCUT2D eigenvalue weighted by Crippen LogP contribution is 2.29. The van der Waals surface area contributed by atoms with E-state index in [4.69, 9.17) is 5.73 Å². The molecule has 4 rings (SSSR count). The van der Waals surface area contributed by atoms with E-state index in [9.17, 15) is 13.6 Å². The standard InChI is InChI=1S/C21H22F2N4O/c1-12-4-6-27(7-5-12)14-9-16-13(10-25-21(16)26-11-14)8-17-18(22)3-2-15(19(17)23)20(24)28/h2-3,9-12H,4-8H2,1H3,(H2,24,28)(H,25,26). The van der Waals surface area contributed by atoms with E-state index in [1.165, 1.54) is 0 Å². The predicted molar refractivity (Wildman–Crippen MR) is 104 cm³/mol. The number of nitrogens with one attached hydrogen (secondary N) is 1. The molecule has 0 unspecified atom stereocenters. The topological polar surface area (TPSA) is 75.0 Å². The first-order chi connectivity index (χ1) is 13.4. The number of aromatic amines is 1.